The molecule has 74 heavy (non-hydrogen) atoms. The Kier molecular flexibility index (Phi) is 14.0. The number of aromatic amines is 2. The van der Waals surface area contributed by atoms with E-state index >= 15 is 4.39 Å². The van der Waals surface area contributed by atoms with Crippen molar-refractivity contribution in [3.8, 4) is 39.5 Å². The van der Waals surface area contributed by atoms with E-state index in [9.17, 15) is 19.2 Å². The highest BCUT2D eigenvalue weighted by atomic mass is 32.1. The predicted molar refractivity (Wildman–Crippen MR) is 276 cm³/mol. The Labute approximate surface area is 432 Å². The summed E-state index contributed by atoms with van der Waals surface area (Å²) in [5.41, 5.74) is 4.00. The lowest BCUT2D eigenvalue weighted by Crippen LogP contribution is -2.54. The van der Waals surface area contributed by atoms with Gasteiger partial charge in [0.25, 0.3) is 0 Å². The van der Waals surface area contributed by atoms with Gasteiger partial charge in [-0.05, 0) is 94.0 Å². The summed E-state index contributed by atoms with van der Waals surface area (Å²) in [6.07, 6.45) is 8.68. The van der Waals surface area contributed by atoms with Gasteiger partial charge in [0.15, 0.2) is 0 Å². The molecule has 0 radical (unpaired) electrons. The van der Waals surface area contributed by atoms with Gasteiger partial charge in [-0.15, -0.1) is 11.3 Å². The lowest BCUT2D eigenvalue weighted by atomic mass is 9.83. The maximum Gasteiger partial charge on any atom is 0.407 e. The molecule has 4 aliphatic rings. The van der Waals surface area contributed by atoms with Crippen LogP contribution in [0.15, 0.2) is 55.0 Å². The Morgan fingerprint density at radius 1 is 0.892 bits per heavy atom. The quantitative estimate of drug-likeness (QED) is 0.0652. The maximum atomic E-state index is 17.0. The Morgan fingerprint density at radius 2 is 1.65 bits per heavy atom. The Morgan fingerprint density at radius 3 is 2.36 bits per heavy atom. The van der Waals surface area contributed by atoms with Crippen molar-refractivity contribution in [2.45, 2.75) is 128 Å². The minimum atomic E-state index is -0.825. The maximum absolute atomic E-state index is 17.0. The van der Waals surface area contributed by atoms with Crippen LogP contribution in [0.1, 0.15) is 132 Å². The largest absolute Gasteiger partial charge is 0.464 e. The van der Waals surface area contributed by atoms with Gasteiger partial charge in [0.1, 0.15) is 35.3 Å². The van der Waals surface area contributed by atoms with Crippen LogP contribution in [0.5, 0.6) is 5.75 Å². The Hall–Kier alpha value is -6.80. The molecule has 5 N–H and O–H groups in total. The molecule has 3 fully saturated rings. The van der Waals surface area contributed by atoms with Crippen molar-refractivity contribution < 1.29 is 42.5 Å². The molecule has 4 aromatic heterocycles. The molecule has 18 nitrogen and oxygen atoms in total. The number of imidazole rings is 2. The van der Waals surface area contributed by atoms with Crippen LogP contribution < -0.4 is 20.7 Å². The minimum Gasteiger partial charge on any atom is -0.464 e. The number of H-pyrrole nitrogens is 2. The van der Waals surface area contributed by atoms with Gasteiger partial charge >= 0.3 is 12.2 Å². The smallest absolute Gasteiger partial charge is 0.407 e. The minimum absolute atomic E-state index is 0.159. The van der Waals surface area contributed by atoms with Crippen LogP contribution in [-0.2, 0) is 23.8 Å². The summed E-state index contributed by atoms with van der Waals surface area (Å²) in [4.78, 5) is 76.5. The van der Waals surface area contributed by atoms with Gasteiger partial charge in [-0.1, -0.05) is 46.6 Å². The van der Waals surface area contributed by atoms with E-state index in [0.717, 1.165) is 51.3 Å². The number of hydrogen-bond acceptors (Lipinski definition) is 12. The number of fused-ring (bicyclic) bond motifs is 5. The molecule has 3 aliphatic heterocycles. The number of amides is 4. The number of nitrogens with zero attached hydrogens (tertiary/aromatic N) is 5. The fourth-order valence-corrected chi connectivity index (χ4v) is 11.7. The number of carbonyl (C=O) groups is 4. The molecule has 10 rings (SSSR count). The molecule has 6 atom stereocenters. The van der Waals surface area contributed by atoms with E-state index < -0.39 is 48.0 Å². The van der Waals surface area contributed by atoms with Crippen LogP contribution in [0.2, 0.25) is 0 Å². The number of carbonyl (C=O) groups excluding carboxylic acids is 4. The SMILES string of the molecule is COC(=O)NC(C(=O)N[C@@H](CC1CC1)c1ncc(-c2ccc3c(c2)cc2n3C(c3cnc(C(C)C)s3)Oc3cc(-c4cnc([C@@H]5CCCN5C(=O)[C@@H](NC(=O)OC)C(C)C)[nH]4)cc(F)c3-2)[nH]1)C1CCOC(C)(C)C1. The zero-order valence-corrected chi connectivity index (χ0v) is 43.9. The number of methoxy groups -OCH3 is 2. The van der Waals surface area contributed by atoms with E-state index in [1.807, 2.05) is 68.8 Å². The fraction of sp³-hybridized carbons (Fsp3) is 0.500. The number of hydrogen-bond donors (Lipinski definition) is 5. The first-order chi connectivity index (χ1) is 35.5. The molecule has 1 saturated carbocycles. The topological polar surface area (TPSA) is 220 Å². The number of thiazole rings is 1. The first kappa shape index (κ1) is 50.7. The second-order valence-electron chi connectivity index (χ2n) is 21.4. The first-order valence-corrected chi connectivity index (χ1v) is 26.5. The van der Waals surface area contributed by atoms with Gasteiger partial charge in [0, 0.05) is 41.8 Å². The second-order valence-corrected chi connectivity index (χ2v) is 22.5. The number of benzene rings is 2. The summed E-state index contributed by atoms with van der Waals surface area (Å²) in [6.45, 7) is 12.9. The number of halogens is 1. The van der Waals surface area contributed by atoms with E-state index in [0.29, 0.717) is 84.7 Å². The van der Waals surface area contributed by atoms with Crippen molar-refractivity contribution >= 4 is 46.2 Å². The Balaban J connectivity index is 0.954. The van der Waals surface area contributed by atoms with Crippen LogP contribution >= 0.6 is 11.3 Å². The van der Waals surface area contributed by atoms with Gasteiger partial charge in [-0.3, -0.25) is 14.2 Å². The molecule has 3 unspecified atom stereocenters. The van der Waals surface area contributed by atoms with Crippen molar-refractivity contribution in [3.63, 3.8) is 0 Å². The molecule has 4 amide bonds. The van der Waals surface area contributed by atoms with Gasteiger partial charge in [0.2, 0.25) is 18.0 Å². The highest BCUT2D eigenvalue weighted by Gasteiger charge is 2.41. The molecule has 20 heteroatoms. The third-order valence-corrected chi connectivity index (χ3v) is 16.1. The van der Waals surface area contributed by atoms with Gasteiger partial charge in [-0.2, -0.15) is 0 Å². The summed E-state index contributed by atoms with van der Waals surface area (Å²) in [5, 5.41) is 10.5. The van der Waals surface area contributed by atoms with Gasteiger partial charge in [0.05, 0.1) is 82.3 Å². The van der Waals surface area contributed by atoms with Gasteiger partial charge in [-0.25, -0.2) is 28.9 Å². The van der Waals surface area contributed by atoms with Crippen molar-refractivity contribution in [2.24, 2.45) is 17.8 Å². The van der Waals surface area contributed by atoms with Crippen molar-refractivity contribution in [2.75, 3.05) is 27.4 Å². The lowest BCUT2D eigenvalue weighted by molar-refractivity contribution is -0.135. The fourth-order valence-electron chi connectivity index (χ4n) is 10.8. The van der Waals surface area contributed by atoms with E-state index in [2.05, 4.69) is 39.8 Å². The highest BCUT2D eigenvalue weighted by Crippen LogP contribution is 2.49. The van der Waals surface area contributed by atoms with Gasteiger partial charge < -0.3 is 49.8 Å². The van der Waals surface area contributed by atoms with Crippen LogP contribution in [0.4, 0.5) is 14.0 Å². The van der Waals surface area contributed by atoms with Crippen LogP contribution in [0.25, 0.3) is 44.7 Å². The second kappa shape index (κ2) is 20.5. The van der Waals surface area contributed by atoms with E-state index in [1.54, 1.807) is 28.6 Å². The summed E-state index contributed by atoms with van der Waals surface area (Å²) >= 11 is 1.56. The molecule has 7 heterocycles. The third kappa shape index (κ3) is 10.2. The lowest BCUT2D eigenvalue weighted by Gasteiger charge is -2.39. The number of alkyl carbamates (subject to hydrolysis) is 2. The van der Waals surface area contributed by atoms with Crippen molar-refractivity contribution in [1.82, 2.24) is 50.3 Å². The summed E-state index contributed by atoms with van der Waals surface area (Å²) in [5.74, 6) is 0.807. The standard InChI is InChI=1S/C54H65FN10O8S/c1-27(2)44(62-52(68)70-7)50(67)64-16-9-10-39(64)47-57-25-37(60-47)32-20-34(55)43-40-21-33-19-30(13-14-38(33)65(40)51(73-41(43)22-32)42-26-58-49(74-42)28(3)4)36-24-56-46(59-36)35(18-29-11-12-29)61-48(66)45(63-53(69)71-8)31-15-17-72-54(5,6)23-31/h13-14,19-22,24-29,31,35,39,44-45,51H,9-12,15-18,23H2,1-8H3,(H,56,59)(H,57,60)(H,61,66)(H,62,68)(H,63,69)/t31?,35-,39-,44-,45?,51?/m0/s1. The average Bonchev–Trinajstić information content (AvgIpc) is 4.01. The molecule has 2 saturated heterocycles. The van der Waals surface area contributed by atoms with Crippen LogP contribution in [0, 0.1) is 23.6 Å². The average molecular weight is 1030 g/mol. The molecule has 2 aromatic carbocycles. The molecule has 6 aromatic rings. The summed E-state index contributed by atoms with van der Waals surface area (Å²) in [6, 6.07) is 8.93. The number of aromatic nitrogens is 6. The van der Waals surface area contributed by atoms with Crippen LogP contribution in [0.3, 0.4) is 0 Å². The molecule has 0 bridgehead atoms. The first-order valence-electron chi connectivity index (χ1n) is 25.6. The van der Waals surface area contributed by atoms with E-state index in [1.165, 1.54) is 20.3 Å². The molecule has 1 aliphatic carbocycles. The zero-order valence-electron chi connectivity index (χ0n) is 43.0. The number of ether oxygens (including phenoxy) is 4. The molecular weight excluding hydrogens is 968 g/mol. The number of likely N-dealkylation sites (tertiary alicyclic amines) is 1. The number of rotatable bonds is 15. The summed E-state index contributed by atoms with van der Waals surface area (Å²) in [7, 11) is 2.55. The molecule has 392 valence electrons. The van der Waals surface area contributed by atoms with Crippen molar-refractivity contribution in [1.29, 1.82) is 0 Å². The third-order valence-electron chi connectivity index (χ3n) is 14.8. The highest BCUT2D eigenvalue weighted by molar-refractivity contribution is 7.11. The van der Waals surface area contributed by atoms with E-state index in [4.69, 9.17) is 33.9 Å². The van der Waals surface area contributed by atoms with Crippen LogP contribution in [-0.4, -0.2) is 103 Å². The molecule has 0 spiro atoms. The van der Waals surface area contributed by atoms with Crippen molar-refractivity contribution in [3.05, 3.63) is 82.3 Å². The Bertz CT molecular complexity index is 3080. The summed E-state index contributed by atoms with van der Waals surface area (Å²) < 4.78 is 41.6. The molecular formula is C54H65FN10O8S. The van der Waals surface area contributed by atoms with E-state index in [-0.39, 0.29) is 35.6 Å². The predicted octanol–water partition coefficient (Wildman–Crippen LogP) is 9.68. The zero-order chi connectivity index (χ0) is 52.2. The monoisotopic (exact) mass is 1030 g/mol. The normalized spacial score (nSPS) is 20.4. The number of nitrogens with one attached hydrogen (secondary N) is 5.